The molecule has 0 bridgehead atoms. The number of hydrogen-bond acceptors (Lipinski definition) is 4. The standard InChI is InChI=1S/C16H19ClN2O2/c1-4-20-10-16-18-13(9-15(17)19-16)12-7-5-6-8-14(12)21-11(2)3/h5-9,11H,4,10H2,1-3H3. The molecular weight excluding hydrogens is 288 g/mol. The van der Waals surface area contributed by atoms with Gasteiger partial charge in [0.15, 0.2) is 5.82 Å². The SMILES string of the molecule is CCOCc1nc(Cl)cc(-c2ccccc2OC(C)C)n1. The molecule has 2 aromatic rings. The van der Waals surface area contributed by atoms with Gasteiger partial charge in [-0.3, -0.25) is 0 Å². The lowest BCUT2D eigenvalue weighted by Crippen LogP contribution is -2.07. The van der Waals surface area contributed by atoms with Crippen molar-refractivity contribution in [2.45, 2.75) is 33.5 Å². The van der Waals surface area contributed by atoms with Crippen LogP contribution in [0.1, 0.15) is 26.6 Å². The maximum Gasteiger partial charge on any atom is 0.156 e. The number of aromatic nitrogens is 2. The van der Waals surface area contributed by atoms with Gasteiger partial charge >= 0.3 is 0 Å². The molecule has 1 aromatic carbocycles. The summed E-state index contributed by atoms with van der Waals surface area (Å²) in [5.41, 5.74) is 1.63. The third-order valence-corrected chi connectivity index (χ3v) is 2.90. The van der Waals surface area contributed by atoms with E-state index in [1.54, 1.807) is 6.07 Å². The summed E-state index contributed by atoms with van der Waals surface area (Å²) in [6.45, 7) is 6.86. The third kappa shape index (κ3) is 4.41. The van der Waals surface area contributed by atoms with E-state index in [-0.39, 0.29) is 6.10 Å². The van der Waals surface area contributed by atoms with Gasteiger partial charge in [0.1, 0.15) is 17.5 Å². The smallest absolute Gasteiger partial charge is 0.156 e. The van der Waals surface area contributed by atoms with E-state index < -0.39 is 0 Å². The Morgan fingerprint density at radius 3 is 2.67 bits per heavy atom. The Morgan fingerprint density at radius 1 is 1.19 bits per heavy atom. The number of benzene rings is 1. The van der Waals surface area contributed by atoms with Gasteiger partial charge in [-0.25, -0.2) is 9.97 Å². The second kappa shape index (κ2) is 7.38. The highest BCUT2D eigenvalue weighted by atomic mass is 35.5. The molecule has 0 aliphatic heterocycles. The van der Waals surface area contributed by atoms with Gasteiger partial charge in [-0.1, -0.05) is 23.7 Å². The quantitative estimate of drug-likeness (QED) is 0.753. The van der Waals surface area contributed by atoms with Gasteiger partial charge < -0.3 is 9.47 Å². The average Bonchev–Trinajstić information content (AvgIpc) is 2.44. The minimum Gasteiger partial charge on any atom is -0.490 e. The van der Waals surface area contributed by atoms with Gasteiger partial charge in [-0.2, -0.15) is 0 Å². The predicted octanol–water partition coefficient (Wildman–Crippen LogP) is 4.12. The van der Waals surface area contributed by atoms with Crippen LogP contribution in [0.15, 0.2) is 30.3 Å². The van der Waals surface area contributed by atoms with Crippen molar-refractivity contribution in [2.24, 2.45) is 0 Å². The molecule has 0 unspecified atom stereocenters. The summed E-state index contributed by atoms with van der Waals surface area (Å²) in [6.07, 6.45) is 0.0892. The molecule has 1 aromatic heterocycles. The minimum absolute atomic E-state index is 0.0892. The van der Waals surface area contributed by atoms with Gasteiger partial charge in [0.05, 0.1) is 11.8 Å². The molecule has 4 nitrogen and oxygen atoms in total. The van der Waals surface area contributed by atoms with Crippen LogP contribution >= 0.6 is 11.6 Å². The fourth-order valence-corrected chi connectivity index (χ4v) is 2.10. The van der Waals surface area contributed by atoms with Crippen molar-refractivity contribution in [3.8, 4) is 17.0 Å². The van der Waals surface area contributed by atoms with E-state index in [2.05, 4.69) is 9.97 Å². The molecule has 0 saturated carbocycles. The second-order valence-electron chi connectivity index (χ2n) is 4.79. The van der Waals surface area contributed by atoms with Gasteiger partial charge in [-0.05, 0) is 32.9 Å². The van der Waals surface area contributed by atoms with Crippen molar-refractivity contribution in [3.05, 3.63) is 41.3 Å². The highest BCUT2D eigenvalue weighted by Gasteiger charge is 2.11. The van der Waals surface area contributed by atoms with Crippen molar-refractivity contribution in [2.75, 3.05) is 6.61 Å². The van der Waals surface area contributed by atoms with E-state index in [0.717, 1.165) is 17.0 Å². The van der Waals surface area contributed by atoms with Crippen molar-refractivity contribution in [3.63, 3.8) is 0 Å². The Morgan fingerprint density at radius 2 is 1.95 bits per heavy atom. The number of halogens is 1. The molecule has 112 valence electrons. The lowest BCUT2D eigenvalue weighted by molar-refractivity contribution is 0.128. The van der Waals surface area contributed by atoms with Gasteiger partial charge in [-0.15, -0.1) is 0 Å². The van der Waals surface area contributed by atoms with Crippen molar-refractivity contribution in [1.29, 1.82) is 0 Å². The Labute approximate surface area is 130 Å². The Bertz CT molecular complexity index is 603. The summed E-state index contributed by atoms with van der Waals surface area (Å²) in [4.78, 5) is 8.68. The summed E-state index contributed by atoms with van der Waals surface area (Å²) in [7, 11) is 0. The first-order valence-electron chi connectivity index (χ1n) is 6.97. The van der Waals surface area contributed by atoms with Crippen LogP contribution in [0.5, 0.6) is 5.75 Å². The molecule has 0 saturated heterocycles. The third-order valence-electron chi connectivity index (χ3n) is 2.70. The lowest BCUT2D eigenvalue weighted by atomic mass is 10.1. The van der Waals surface area contributed by atoms with Crippen LogP contribution < -0.4 is 4.74 Å². The summed E-state index contributed by atoms with van der Waals surface area (Å²) in [6, 6.07) is 9.50. The molecular formula is C16H19ClN2O2. The predicted molar refractivity (Wildman–Crippen MR) is 83.6 cm³/mol. The highest BCUT2D eigenvalue weighted by molar-refractivity contribution is 6.29. The molecule has 5 heteroatoms. The zero-order valence-electron chi connectivity index (χ0n) is 12.5. The van der Waals surface area contributed by atoms with Crippen LogP contribution in [-0.4, -0.2) is 22.7 Å². The van der Waals surface area contributed by atoms with Crippen LogP contribution in [0.2, 0.25) is 5.15 Å². The highest BCUT2D eigenvalue weighted by Crippen LogP contribution is 2.30. The van der Waals surface area contributed by atoms with Crippen LogP contribution in [0.25, 0.3) is 11.3 Å². The number of nitrogens with zero attached hydrogens (tertiary/aromatic N) is 2. The number of hydrogen-bond donors (Lipinski definition) is 0. The number of para-hydroxylation sites is 1. The van der Waals surface area contributed by atoms with Gasteiger partial charge in [0, 0.05) is 18.2 Å². The topological polar surface area (TPSA) is 44.2 Å². The molecule has 0 spiro atoms. The van der Waals surface area contributed by atoms with Crippen molar-refractivity contribution >= 4 is 11.6 Å². The monoisotopic (exact) mass is 306 g/mol. The molecule has 1 heterocycles. The average molecular weight is 307 g/mol. The first-order chi connectivity index (χ1) is 10.1. The van der Waals surface area contributed by atoms with Crippen molar-refractivity contribution in [1.82, 2.24) is 9.97 Å². The molecule has 0 atom stereocenters. The number of ether oxygens (including phenoxy) is 2. The van der Waals surface area contributed by atoms with E-state index in [4.69, 9.17) is 21.1 Å². The van der Waals surface area contributed by atoms with Gasteiger partial charge in [0.2, 0.25) is 0 Å². The molecule has 0 radical (unpaired) electrons. The van der Waals surface area contributed by atoms with E-state index in [9.17, 15) is 0 Å². The molecule has 0 N–H and O–H groups in total. The summed E-state index contributed by atoms with van der Waals surface area (Å²) < 4.78 is 11.2. The first kappa shape index (κ1) is 15.7. The Balaban J connectivity index is 2.39. The van der Waals surface area contributed by atoms with Crippen LogP contribution in [0.4, 0.5) is 0 Å². The first-order valence-corrected chi connectivity index (χ1v) is 7.35. The zero-order chi connectivity index (χ0) is 15.2. The molecule has 0 aliphatic rings. The number of rotatable bonds is 6. The summed E-state index contributed by atoms with van der Waals surface area (Å²) in [5, 5.41) is 0.397. The summed E-state index contributed by atoms with van der Waals surface area (Å²) >= 11 is 6.09. The molecule has 0 fully saturated rings. The van der Waals surface area contributed by atoms with Gasteiger partial charge in [0.25, 0.3) is 0 Å². The van der Waals surface area contributed by atoms with Crippen molar-refractivity contribution < 1.29 is 9.47 Å². The van der Waals surface area contributed by atoms with Crippen LogP contribution in [-0.2, 0) is 11.3 Å². The normalized spacial score (nSPS) is 10.9. The van der Waals surface area contributed by atoms with E-state index in [0.29, 0.717) is 24.2 Å². The van der Waals surface area contributed by atoms with E-state index in [1.165, 1.54) is 0 Å². The van der Waals surface area contributed by atoms with E-state index >= 15 is 0 Å². The fourth-order valence-electron chi connectivity index (χ4n) is 1.90. The maximum atomic E-state index is 6.09. The maximum absolute atomic E-state index is 6.09. The molecule has 21 heavy (non-hydrogen) atoms. The minimum atomic E-state index is 0.0892. The van der Waals surface area contributed by atoms with Crippen LogP contribution in [0.3, 0.4) is 0 Å². The largest absolute Gasteiger partial charge is 0.490 e. The molecule has 0 aliphatic carbocycles. The zero-order valence-corrected chi connectivity index (χ0v) is 13.2. The molecule has 2 rings (SSSR count). The Hall–Kier alpha value is -1.65. The lowest BCUT2D eigenvalue weighted by Gasteiger charge is -2.14. The van der Waals surface area contributed by atoms with Crippen LogP contribution in [0, 0.1) is 0 Å². The fraction of sp³-hybridized carbons (Fsp3) is 0.375. The van der Waals surface area contributed by atoms with E-state index in [1.807, 2.05) is 45.0 Å². The summed E-state index contributed by atoms with van der Waals surface area (Å²) in [5.74, 6) is 1.35. The Kier molecular flexibility index (Phi) is 5.53. The second-order valence-corrected chi connectivity index (χ2v) is 5.18. The molecule has 0 amide bonds.